The van der Waals surface area contributed by atoms with Crippen LogP contribution in [0.1, 0.15) is 28.8 Å². The Bertz CT molecular complexity index is 833. The van der Waals surface area contributed by atoms with Gasteiger partial charge in [0.1, 0.15) is 0 Å². The van der Waals surface area contributed by atoms with Gasteiger partial charge < -0.3 is 10.2 Å². The molecule has 1 N–H and O–H groups in total. The first kappa shape index (κ1) is 17.8. The number of nitro benzene ring substituents is 1. The molecule has 136 valence electrons. The summed E-state index contributed by atoms with van der Waals surface area (Å²) in [5, 5.41) is 13.8. The standard InChI is InChI=1S/C19H20FN3O3/c1-13-4-2-3-5-16(13)19(24)21-14-8-10-22(11-9-14)18-7-6-15(23(25)26)12-17(18)20/h2-7,12,14H,8-11H2,1H3,(H,21,24). The molecule has 3 rings (SSSR count). The molecule has 0 atom stereocenters. The summed E-state index contributed by atoms with van der Waals surface area (Å²) >= 11 is 0. The lowest BCUT2D eigenvalue weighted by atomic mass is 10.0. The van der Waals surface area contributed by atoms with E-state index in [4.69, 9.17) is 0 Å². The van der Waals surface area contributed by atoms with Gasteiger partial charge in [-0.2, -0.15) is 0 Å². The zero-order valence-electron chi connectivity index (χ0n) is 14.4. The second-order valence-electron chi connectivity index (χ2n) is 6.44. The van der Waals surface area contributed by atoms with Crippen LogP contribution >= 0.6 is 0 Å². The van der Waals surface area contributed by atoms with Crippen LogP contribution in [-0.4, -0.2) is 30.0 Å². The zero-order valence-corrected chi connectivity index (χ0v) is 14.4. The van der Waals surface area contributed by atoms with Crippen LogP contribution < -0.4 is 10.2 Å². The lowest BCUT2D eigenvalue weighted by Gasteiger charge is -2.34. The van der Waals surface area contributed by atoms with Crippen molar-refractivity contribution in [3.05, 3.63) is 69.5 Å². The summed E-state index contributed by atoms with van der Waals surface area (Å²) < 4.78 is 14.2. The second-order valence-corrected chi connectivity index (χ2v) is 6.44. The van der Waals surface area contributed by atoms with Crippen molar-refractivity contribution in [1.82, 2.24) is 5.32 Å². The molecule has 0 unspecified atom stereocenters. The molecule has 1 heterocycles. The summed E-state index contributed by atoms with van der Waals surface area (Å²) in [5.41, 5.74) is 1.69. The van der Waals surface area contributed by atoms with Gasteiger partial charge in [-0.15, -0.1) is 0 Å². The first-order valence-corrected chi connectivity index (χ1v) is 8.51. The van der Waals surface area contributed by atoms with Crippen LogP contribution in [0, 0.1) is 22.9 Å². The number of nitrogens with one attached hydrogen (secondary N) is 1. The molecular weight excluding hydrogens is 337 g/mol. The number of non-ortho nitro benzene ring substituents is 1. The van der Waals surface area contributed by atoms with Crippen LogP contribution in [0.4, 0.5) is 15.8 Å². The Morgan fingerprint density at radius 3 is 2.54 bits per heavy atom. The fourth-order valence-electron chi connectivity index (χ4n) is 3.22. The Labute approximate surface area is 150 Å². The molecule has 0 saturated carbocycles. The molecule has 7 heteroatoms. The van der Waals surface area contributed by atoms with E-state index < -0.39 is 10.7 Å². The van der Waals surface area contributed by atoms with E-state index in [9.17, 15) is 19.3 Å². The second kappa shape index (κ2) is 7.51. The summed E-state index contributed by atoms with van der Waals surface area (Å²) in [4.78, 5) is 24.4. The van der Waals surface area contributed by atoms with Crippen molar-refractivity contribution in [2.75, 3.05) is 18.0 Å². The van der Waals surface area contributed by atoms with Crippen LogP contribution in [0.15, 0.2) is 42.5 Å². The third kappa shape index (κ3) is 3.82. The molecule has 1 saturated heterocycles. The third-order valence-corrected chi connectivity index (χ3v) is 4.70. The van der Waals surface area contributed by atoms with Gasteiger partial charge in [0.25, 0.3) is 11.6 Å². The highest BCUT2D eigenvalue weighted by atomic mass is 19.1. The number of aryl methyl sites for hydroxylation is 1. The summed E-state index contributed by atoms with van der Waals surface area (Å²) in [6.07, 6.45) is 1.38. The summed E-state index contributed by atoms with van der Waals surface area (Å²) in [5.74, 6) is -0.690. The minimum Gasteiger partial charge on any atom is -0.369 e. The van der Waals surface area contributed by atoms with E-state index in [0.717, 1.165) is 11.6 Å². The van der Waals surface area contributed by atoms with Crippen molar-refractivity contribution in [2.24, 2.45) is 0 Å². The number of amides is 1. The highest BCUT2D eigenvalue weighted by molar-refractivity contribution is 5.95. The zero-order chi connectivity index (χ0) is 18.7. The fourth-order valence-corrected chi connectivity index (χ4v) is 3.22. The lowest BCUT2D eigenvalue weighted by Crippen LogP contribution is -2.45. The number of nitro groups is 1. The number of hydrogen-bond acceptors (Lipinski definition) is 4. The molecular formula is C19H20FN3O3. The SMILES string of the molecule is Cc1ccccc1C(=O)NC1CCN(c2ccc([N+](=O)[O-])cc2F)CC1. The molecule has 1 amide bonds. The van der Waals surface area contributed by atoms with Gasteiger partial charge in [0, 0.05) is 30.8 Å². The van der Waals surface area contributed by atoms with Gasteiger partial charge in [0.05, 0.1) is 16.7 Å². The maximum absolute atomic E-state index is 14.2. The first-order chi connectivity index (χ1) is 12.5. The summed E-state index contributed by atoms with van der Waals surface area (Å²) in [7, 11) is 0. The predicted octanol–water partition coefficient (Wildman–Crippen LogP) is 3.44. The number of piperidine rings is 1. The minimum absolute atomic E-state index is 0.0273. The van der Waals surface area contributed by atoms with E-state index in [2.05, 4.69) is 5.32 Å². The average molecular weight is 357 g/mol. The average Bonchev–Trinajstić information content (AvgIpc) is 2.62. The van der Waals surface area contributed by atoms with E-state index in [-0.39, 0.29) is 17.6 Å². The molecule has 1 aliphatic rings. The summed E-state index contributed by atoms with van der Waals surface area (Å²) in [6, 6.07) is 11.2. The van der Waals surface area contributed by atoms with Gasteiger partial charge in [-0.25, -0.2) is 4.39 Å². The predicted molar refractivity (Wildman–Crippen MR) is 96.9 cm³/mol. The van der Waals surface area contributed by atoms with E-state index >= 15 is 0 Å². The molecule has 0 bridgehead atoms. The maximum atomic E-state index is 14.2. The van der Waals surface area contributed by atoms with Gasteiger partial charge in [-0.1, -0.05) is 18.2 Å². The van der Waals surface area contributed by atoms with Crippen molar-refractivity contribution in [1.29, 1.82) is 0 Å². The molecule has 1 aliphatic heterocycles. The first-order valence-electron chi connectivity index (χ1n) is 8.51. The Morgan fingerprint density at radius 2 is 1.92 bits per heavy atom. The van der Waals surface area contributed by atoms with Crippen LogP contribution in [0.2, 0.25) is 0 Å². The smallest absolute Gasteiger partial charge is 0.272 e. The molecule has 0 spiro atoms. The Kier molecular flexibility index (Phi) is 5.16. The normalized spacial score (nSPS) is 14.9. The van der Waals surface area contributed by atoms with Gasteiger partial charge >= 0.3 is 0 Å². The van der Waals surface area contributed by atoms with Crippen LogP contribution in [0.3, 0.4) is 0 Å². The van der Waals surface area contributed by atoms with Gasteiger partial charge in [-0.3, -0.25) is 14.9 Å². The number of carbonyl (C=O) groups excluding carboxylic acids is 1. The lowest BCUT2D eigenvalue weighted by molar-refractivity contribution is -0.385. The number of hydrogen-bond donors (Lipinski definition) is 1. The Balaban J connectivity index is 1.60. The monoisotopic (exact) mass is 357 g/mol. The molecule has 0 aliphatic carbocycles. The molecule has 0 radical (unpaired) electrons. The number of nitrogens with zero attached hydrogens (tertiary/aromatic N) is 2. The minimum atomic E-state index is -0.611. The number of anilines is 1. The highest BCUT2D eigenvalue weighted by Gasteiger charge is 2.24. The van der Waals surface area contributed by atoms with Crippen LogP contribution in [0.25, 0.3) is 0 Å². The largest absolute Gasteiger partial charge is 0.369 e. The maximum Gasteiger partial charge on any atom is 0.272 e. The van der Waals surface area contributed by atoms with E-state index in [1.54, 1.807) is 6.07 Å². The topological polar surface area (TPSA) is 75.5 Å². The summed E-state index contributed by atoms with van der Waals surface area (Å²) in [6.45, 7) is 3.05. The molecule has 1 fully saturated rings. The number of rotatable bonds is 4. The van der Waals surface area contributed by atoms with Crippen molar-refractivity contribution in [3.8, 4) is 0 Å². The van der Waals surface area contributed by atoms with Crippen molar-refractivity contribution < 1.29 is 14.1 Å². The molecule has 26 heavy (non-hydrogen) atoms. The Hall–Kier alpha value is -2.96. The number of carbonyl (C=O) groups is 1. The Morgan fingerprint density at radius 1 is 1.23 bits per heavy atom. The van der Waals surface area contributed by atoms with Crippen molar-refractivity contribution in [2.45, 2.75) is 25.8 Å². The van der Waals surface area contributed by atoms with Crippen LogP contribution in [0.5, 0.6) is 0 Å². The van der Waals surface area contributed by atoms with Crippen molar-refractivity contribution in [3.63, 3.8) is 0 Å². The van der Waals surface area contributed by atoms with Crippen LogP contribution in [-0.2, 0) is 0 Å². The number of benzene rings is 2. The van der Waals surface area contributed by atoms with Gasteiger partial charge in [-0.05, 0) is 37.5 Å². The third-order valence-electron chi connectivity index (χ3n) is 4.70. The van der Waals surface area contributed by atoms with Crippen molar-refractivity contribution >= 4 is 17.3 Å². The van der Waals surface area contributed by atoms with Gasteiger partial charge in [0.15, 0.2) is 5.82 Å². The number of halogens is 1. The van der Waals surface area contributed by atoms with E-state index in [0.29, 0.717) is 37.2 Å². The fraction of sp³-hybridized carbons (Fsp3) is 0.316. The molecule has 2 aromatic carbocycles. The van der Waals surface area contributed by atoms with E-state index in [1.165, 1.54) is 12.1 Å². The molecule has 0 aromatic heterocycles. The molecule has 2 aromatic rings. The quantitative estimate of drug-likeness (QED) is 0.672. The molecule has 6 nitrogen and oxygen atoms in total. The van der Waals surface area contributed by atoms with Gasteiger partial charge in [0.2, 0.25) is 0 Å². The van der Waals surface area contributed by atoms with E-state index in [1.807, 2.05) is 30.0 Å². The highest BCUT2D eigenvalue weighted by Crippen LogP contribution is 2.26.